The average molecular weight is 462 g/mol. The van der Waals surface area contributed by atoms with Gasteiger partial charge in [-0.25, -0.2) is 0 Å². The van der Waals surface area contributed by atoms with Crippen molar-refractivity contribution in [3.05, 3.63) is 54.1 Å². The van der Waals surface area contributed by atoms with Crippen molar-refractivity contribution in [1.82, 2.24) is 0 Å². The van der Waals surface area contributed by atoms with E-state index in [0.717, 1.165) is 37.7 Å². The van der Waals surface area contributed by atoms with Gasteiger partial charge in [-0.05, 0) is 60.4 Å². The first kappa shape index (κ1) is 26.3. The summed E-state index contributed by atoms with van der Waals surface area (Å²) in [5, 5.41) is 19.9. The molecule has 0 amide bonds. The van der Waals surface area contributed by atoms with Crippen LogP contribution >= 0.6 is 0 Å². The number of aliphatic hydroxyl groups excluding tert-OH is 1. The zero-order valence-corrected chi connectivity index (χ0v) is 21.3. The molecule has 3 rings (SSSR count). The third-order valence-electron chi connectivity index (χ3n) is 7.47. The van der Waals surface area contributed by atoms with Crippen LogP contribution in [0.4, 0.5) is 0 Å². The molecule has 0 heterocycles. The first-order valence-corrected chi connectivity index (χ1v) is 13.6. The van der Waals surface area contributed by atoms with Crippen molar-refractivity contribution < 1.29 is 9.84 Å². The quantitative estimate of drug-likeness (QED) is 0.239. The lowest BCUT2D eigenvalue weighted by Crippen LogP contribution is -2.26. The van der Waals surface area contributed by atoms with Crippen LogP contribution in [0.15, 0.2) is 48.5 Å². The zero-order valence-electron chi connectivity index (χ0n) is 21.3. The summed E-state index contributed by atoms with van der Waals surface area (Å²) in [6.45, 7) is 4.29. The highest BCUT2D eigenvalue weighted by Gasteiger charge is 2.36. The summed E-state index contributed by atoms with van der Waals surface area (Å²) in [5.41, 5.74) is 3.55. The number of unbranched alkanes of at least 4 members (excludes halogenated alkanes) is 5. The maximum atomic E-state index is 10.1. The van der Waals surface area contributed by atoms with Crippen LogP contribution in [0.1, 0.15) is 109 Å². The molecule has 0 spiro atoms. The summed E-state index contributed by atoms with van der Waals surface area (Å²) in [6.07, 6.45) is 14.0. The van der Waals surface area contributed by atoms with Crippen LogP contribution in [-0.4, -0.2) is 11.4 Å². The minimum Gasteiger partial charge on any atom is -0.465 e. The van der Waals surface area contributed by atoms with Gasteiger partial charge in [0.25, 0.3) is 0 Å². The summed E-state index contributed by atoms with van der Waals surface area (Å²) in [4.78, 5) is 0. The second-order valence-electron chi connectivity index (χ2n) is 10.2. The van der Waals surface area contributed by atoms with Gasteiger partial charge in [-0.1, -0.05) is 102 Å². The van der Waals surface area contributed by atoms with Crippen LogP contribution in [0.3, 0.4) is 0 Å². The topological polar surface area (TPSA) is 53.2 Å². The van der Waals surface area contributed by atoms with E-state index in [1.54, 1.807) is 0 Å². The molecule has 2 aromatic rings. The lowest BCUT2D eigenvalue weighted by molar-refractivity contribution is -0.0232. The van der Waals surface area contributed by atoms with Crippen molar-refractivity contribution >= 4 is 0 Å². The van der Waals surface area contributed by atoms with Crippen LogP contribution in [0.5, 0.6) is 5.75 Å². The van der Waals surface area contributed by atoms with Gasteiger partial charge in [0.15, 0.2) is 6.29 Å². The van der Waals surface area contributed by atoms with Gasteiger partial charge < -0.3 is 9.84 Å². The molecule has 0 saturated heterocycles. The molecule has 3 unspecified atom stereocenters. The maximum Gasteiger partial charge on any atom is 0.197 e. The molecule has 3 heteroatoms. The highest BCUT2D eigenvalue weighted by molar-refractivity contribution is 5.64. The Balaban J connectivity index is 1.57. The summed E-state index contributed by atoms with van der Waals surface area (Å²) >= 11 is 0. The van der Waals surface area contributed by atoms with Gasteiger partial charge >= 0.3 is 0 Å². The van der Waals surface area contributed by atoms with E-state index in [4.69, 9.17) is 4.74 Å². The van der Waals surface area contributed by atoms with Crippen molar-refractivity contribution in [3.63, 3.8) is 0 Å². The normalized spacial score (nSPS) is 21.1. The Kier molecular flexibility index (Phi) is 10.5. The van der Waals surface area contributed by atoms with E-state index in [0.29, 0.717) is 18.1 Å². The van der Waals surface area contributed by atoms with Crippen molar-refractivity contribution in [2.75, 3.05) is 0 Å². The van der Waals surface area contributed by atoms with Crippen LogP contribution in [-0.2, 0) is 0 Å². The predicted octanol–water partition coefficient (Wildman–Crippen LogP) is 8.77. The third kappa shape index (κ3) is 7.60. The molecule has 1 fully saturated rings. The Bertz CT molecular complexity index is 883. The predicted molar refractivity (Wildman–Crippen MR) is 141 cm³/mol. The number of rotatable bonds is 13. The van der Waals surface area contributed by atoms with E-state index in [-0.39, 0.29) is 5.41 Å². The molecule has 3 atom stereocenters. The first-order chi connectivity index (χ1) is 16.6. The van der Waals surface area contributed by atoms with Gasteiger partial charge in [-0.15, -0.1) is 0 Å². The zero-order chi connectivity index (χ0) is 24.2. The highest BCUT2D eigenvalue weighted by atomic mass is 16.6. The van der Waals surface area contributed by atoms with Crippen LogP contribution in [0.2, 0.25) is 0 Å². The lowest BCUT2D eigenvalue weighted by Gasteiger charge is -2.36. The third-order valence-corrected chi connectivity index (χ3v) is 7.47. The molecule has 0 bridgehead atoms. The van der Waals surface area contributed by atoms with Crippen molar-refractivity contribution in [3.8, 4) is 22.9 Å². The molecule has 0 aliphatic heterocycles. The summed E-state index contributed by atoms with van der Waals surface area (Å²) in [7, 11) is 0. The Morgan fingerprint density at radius 2 is 1.59 bits per heavy atom. The number of hydrogen-bond donors (Lipinski definition) is 1. The second-order valence-corrected chi connectivity index (χ2v) is 10.2. The summed E-state index contributed by atoms with van der Waals surface area (Å²) in [6, 6.07) is 19.6. The summed E-state index contributed by atoms with van der Waals surface area (Å²) in [5.74, 6) is 1.18. The Labute approximate surface area is 207 Å². The van der Waals surface area contributed by atoms with Gasteiger partial charge in [-0.2, -0.15) is 5.26 Å². The van der Waals surface area contributed by atoms with Gasteiger partial charge in [0.05, 0.1) is 11.5 Å². The average Bonchev–Trinajstić information content (AvgIpc) is 2.87. The molecular weight excluding hydrogens is 418 g/mol. The fourth-order valence-corrected chi connectivity index (χ4v) is 5.41. The molecule has 3 nitrogen and oxygen atoms in total. The highest BCUT2D eigenvalue weighted by Crippen LogP contribution is 2.46. The first-order valence-electron chi connectivity index (χ1n) is 13.6. The molecular formula is C31H43NO2. The smallest absolute Gasteiger partial charge is 0.197 e. The monoisotopic (exact) mass is 461 g/mol. The molecule has 184 valence electrons. The van der Waals surface area contributed by atoms with E-state index in [1.165, 1.54) is 56.1 Å². The van der Waals surface area contributed by atoms with E-state index >= 15 is 0 Å². The molecule has 34 heavy (non-hydrogen) atoms. The van der Waals surface area contributed by atoms with Gasteiger partial charge in [-0.3, -0.25) is 0 Å². The number of hydrogen-bond acceptors (Lipinski definition) is 3. The van der Waals surface area contributed by atoms with Crippen LogP contribution in [0, 0.1) is 16.7 Å². The van der Waals surface area contributed by atoms with E-state index in [2.05, 4.69) is 37.3 Å². The van der Waals surface area contributed by atoms with Crippen molar-refractivity contribution in [2.24, 2.45) is 5.41 Å². The fourth-order valence-electron chi connectivity index (χ4n) is 5.41. The second kappa shape index (κ2) is 13.5. The SMILES string of the molecule is CCCCCCCCC1(C#N)CCCC(c2ccc(-c3ccc(OC(O)CCC)cc3)cc2)C1. The Morgan fingerprint density at radius 1 is 0.941 bits per heavy atom. The molecule has 0 radical (unpaired) electrons. The van der Waals surface area contributed by atoms with Crippen molar-refractivity contribution in [1.29, 1.82) is 5.26 Å². The minimum atomic E-state index is -0.743. The summed E-state index contributed by atoms with van der Waals surface area (Å²) < 4.78 is 5.56. The largest absolute Gasteiger partial charge is 0.465 e. The molecule has 1 saturated carbocycles. The van der Waals surface area contributed by atoms with Gasteiger partial charge in [0, 0.05) is 6.42 Å². The molecule has 1 N–H and O–H groups in total. The molecule has 0 aromatic heterocycles. The number of nitriles is 1. The van der Waals surface area contributed by atoms with Crippen LogP contribution in [0.25, 0.3) is 11.1 Å². The number of aliphatic hydroxyl groups is 1. The molecule has 1 aliphatic rings. The van der Waals surface area contributed by atoms with Gasteiger partial charge in [0.2, 0.25) is 0 Å². The minimum absolute atomic E-state index is 0.134. The Morgan fingerprint density at radius 3 is 2.24 bits per heavy atom. The maximum absolute atomic E-state index is 10.1. The number of nitrogens with zero attached hydrogens (tertiary/aromatic N) is 1. The number of ether oxygens (including phenoxy) is 1. The van der Waals surface area contributed by atoms with E-state index in [9.17, 15) is 10.4 Å². The van der Waals surface area contributed by atoms with Gasteiger partial charge in [0.1, 0.15) is 5.75 Å². The van der Waals surface area contributed by atoms with Crippen molar-refractivity contribution in [2.45, 2.75) is 110 Å². The Hall–Kier alpha value is -2.31. The van der Waals surface area contributed by atoms with E-state index < -0.39 is 6.29 Å². The number of benzene rings is 2. The lowest BCUT2D eigenvalue weighted by atomic mass is 9.66. The van der Waals surface area contributed by atoms with Crippen LogP contribution < -0.4 is 4.74 Å². The fraction of sp³-hybridized carbons (Fsp3) is 0.581. The standard InChI is InChI=1S/C31H43NO2/c1-3-5-6-7-8-9-21-31(24-32)22-10-12-28(23-31)27-15-13-25(14-16-27)26-17-19-29(20-18-26)34-30(33)11-4-2/h13-20,28,30,33H,3-12,21-23H2,1-2H3. The van der Waals surface area contributed by atoms with E-state index in [1.807, 2.05) is 31.2 Å². The molecule has 2 aromatic carbocycles. The molecule has 1 aliphatic carbocycles.